The second-order valence-corrected chi connectivity index (χ2v) is 13.6. The molecule has 0 aliphatic carbocycles. The quantitative estimate of drug-likeness (QED) is 0.187. The number of hydrogen-bond donors (Lipinski definition) is 0. The molecule has 244 valence electrons. The van der Waals surface area contributed by atoms with Crippen LogP contribution in [0.5, 0.6) is 23.0 Å². The van der Waals surface area contributed by atoms with Gasteiger partial charge in [0.25, 0.3) is 0 Å². The van der Waals surface area contributed by atoms with E-state index in [2.05, 4.69) is 193 Å². The van der Waals surface area contributed by atoms with Gasteiger partial charge in [-0.2, -0.15) is 0 Å². The van der Waals surface area contributed by atoms with Crippen LogP contribution in [0, 0.1) is 0 Å². The van der Waals surface area contributed by atoms with E-state index in [1.54, 1.807) is 0 Å². The summed E-state index contributed by atoms with van der Waals surface area (Å²) in [5, 5.41) is 2.45. The first-order chi connectivity index (χ1) is 25.8. The number of hydrogen-bond acceptors (Lipinski definition) is 2. The zero-order valence-electron chi connectivity index (χ0n) is 28.2. The van der Waals surface area contributed by atoms with Gasteiger partial charge in [-0.15, -0.1) is 0 Å². The summed E-state index contributed by atoms with van der Waals surface area (Å²) in [6, 6.07) is 66.9. The van der Waals surface area contributed by atoms with Crippen LogP contribution in [0.15, 0.2) is 188 Å². The van der Waals surface area contributed by atoms with Crippen molar-refractivity contribution in [1.29, 1.82) is 0 Å². The monoisotopic (exact) mass is 665 g/mol. The molecule has 1 spiro atoms. The zero-order valence-corrected chi connectivity index (χ0v) is 28.2. The van der Waals surface area contributed by atoms with Crippen molar-refractivity contribution in [3.63, 3.8) is 0 Å². The van der Waals surface area contributed by atoms with Crippen molar-refractivity contribution in [3.05, 3.63) is 210 Å². The predicted molar refractivity (Wildman–Crippen MR) is 210 cm³/mol. The highest BCUT2D eigenvalue weighted by Gasteiger charge is 2.50. The summed E-state index contributed by atoms with van der Waals surface area (Å²) < 4.78 is 16.1. The molecule has 8 aromatic carbocycles. The van der Waals surface area contributed by atoms with Crippen LogP contribution >= 0.6 is 0 Å². The minimum Gasteiger partial charge on any atom is -0.457 e. The van der Waals surface area contributed by atoms with Crippen LogP contribution in [0.4, 0.5) is 0 Å². The van der Waals surface area contributed by atoms with Crippen molar-refractivity contribution < 1.29 is 9.47 Å². The standard InChI is InChI=1S/C49H31NO2/c1-3-14-32(15-4-1)33-27-29-46-42(30-33)49(39-21-8-11-24-44(39)51-45-25-12-9-22-40(45)49)41-28-26-34(31-47(41)52-46)36-19-13-20-38-37-18-7-10-23-43(37)50(48(36)38)35-16-5-2-6-17-35/h1-31H. The van der Waals surface area contributed by atoms with Gasteiger partial charge < -0.3 is 14.0 Å². The average Bonchev–Trinajstić information content (AvgIpc) is 3.56. The Kier molecular flexibility index (Phi) is 6.17. The molecule has 0 N–H and O–H groups in total. The highest BCUT2D eigenvalue weighted by molar-refractivity contribution is 6.13. The van der Waals surface area contributed by atoms with Crippen LogP contribution in [0.1, 0.15) is 22.3 Å². The maximum atomic E-state index is 7.03. The molecule has 0 saturated heterocycles. The van der Waals surface area contributed by atoms with Crippen molar-refractivity contribution in [2.75, 3.05) is 0 Å². The molecule has 52 heavy (non-hydrogen) atoms. The number of rotatable bonds is 3. The molecule has 2 aliphatic heterocycles. The van der Waals surface area contributed by atoms with E-state index >= 15 is 0 Å². The fourth-order valence-electron chi connectivity index (χ4n) is 8.74. The molecule has 0 unspecified atom stereocenters. The van der Waals surface area contributed by atoms with Gasteiger partial charge in [-0.25, -0.2) is 0 Å². The molecule has 0 bridgehead atoms. The molecule has 3 heterocycles. The van der Waals surface area contributed by atoms with Gasteiger partial charge >= 0.3 is 0 Å². The molecular weight excluding hydrogens is 635 g/mol. The Hall–Kier alpha value is -6.84. The molecule has 0 saturated carbocycles. The van der Waals surface area contributed by atoms with E-state index in [1.165, 1.54) is 21.8 Å². The number of ether oxygens (including phenoxy) is 2. The SMILES string of the molecule is c1ccc(-c2ccc3c(c2)C2(c4ccccc4Oc4ccccc42)c2ccc(-c4cccc5c6ccccc6n(-c6ccccc6)c45)cc2O3)cc1. The summed E-state index contributed by atoms with van der Waals surface area (Å²) in [6.45, 7) is 0. The first-order valence-corrected chi connectivity index (χ1v) is 17.8. The van der Waals surface area contributed by atoms with E-state index in [-0.39, 0.29) is 0 Å². The molecule has 11 rings (SSSR count). The number of para-hydroxylation sites is 5. The second kappa shape index (κ2) is 11.1. The van der Waals surface area contributed by atoms with Crippen molar-refractivity contribution in [1.82, 2.24) is 4.57 Å². The molecule has 0 radical (unpaired) electrons. The van der Waals surface area contributed by atoms with Gasteiger partial charge in [0.1, 0.15) is 23.0 Å². The van der Waals surface area contributed by atoms with Crippen molar-refractivity contribution in [3.8, 4) is 50.9 Å². The Balaban J connectivity index is 1.20. The van der Waals surface area contributed by atoms with Crippen LogP contribution in [0.25, 0.3) is 49.7 Å². The third-order valence-electron chi connectivity index (χ3n) is 10.9. The topological polar surface area (TPSA) is 23.4 Å². The maximum absolute atomic E-state index is 7.03. The molecule has 0 atom stereocenters. The lowest BCUT2D eigenvalue weighted by Crippen LogP contribution is -2.36. The number of fused-ring (bicyclic) bond motifs is 11. The molecule has 9 aromatic rings. The van der Waals surface area contributed by atoms with E-state index in [0.29, 0.717) is 0 Å². The normalized spacial score (nSPS) is 13.5. The van der Waals surface area contributed by atoms with Gasteiger partial charge in [-0.1, -0.05) is 140 Å². The molecule has 0 fully saturated rings. The van der Waals surface area contributed by atoms with Gasteiger partial charge in [0.05, 0.1) is 16.4 Å². The molecular formula is C49H31NO2. The minimum absolute atomic E-state index is 0.678. The van der Waals surface area contributed by atoms with Crippen LogP contribution in [-0.4, -0.2) is 4.57 Å². The van der Waals surface area contributed by atoms with Gasteiger partial charge in [-0.3, -0.25) is 0 Å². The summed E-state index contributed by atoms with van der Waals surface area (Å²) in [5.74, 6) is 3.38. The third kappa shape index (κ3) is 4.02. The number of aromatic nitrogens is 1. The highest BCUT2D eigenvalue weighted by Crippen LogP contribution is 2.62. The number of nitrogens with zero attached hydrogens (tertiary/aromatic N) is 1. The van der Waals surface area contributed by atoms with Crippen LogP contribution < -0.4 is 9.47 Å². The highest BCUT2D eigenvalue weighted by atomic mass is 16.5. The Morgan fingerprint density at radius 3 is 1.75 bits per heavy atom. The van der Waals surface area contributed by atoms with Gasteiger partial charge in [-0.05, 0) is 65.2 Å². The summed E-state index contributed by atoms with van der Waals surface area (Å²) in [7, 11) is 0. The zero-order chi connectivity index (χ0) is 34.2. The van der Waals surface area contributed by atoms with E-state index in [1.807, 2.05) is 0 Å². The summed E-state index contributed by atoms with van der Waals surface area (Å²) >= 11 is 0. The Labute approximate surface area is 301 Å². The summed E-state index contributed by atoms with van der Waals surface area (Å²) in [6.07, 6.45) is 0. The van der Waals surface area contributed by atoms with Crippen molar-refractivity contribution >= 4 is 21.8 Å². The lowest BCUT2D eigenvalue weighted by atomic mass is 9.62. The molecule has 3 heteroatoms. The lowest BCUT2D eigenvalue weighted by molar-refractivity contribution is 0.399. The maximum Gasteiger partial charge on any atom is 0.132 e. The largest absolute Gasteiger partial charge is 0.457 e. The van der Waals surface area contributed by atoms with E-state index in [0.717, 1.165) is 73.2 Å². The molecule has 1 aromatic heterocycles. The smallest absolute Gasteiger partial charge is 0.132 e. The van der Waals surface area contributed by atoms with Crippen LogP contribution in [-0.2, 0) is 5.41 Å². The fraction of sp³-hybridized carbons (Fsp3) is 0.0204. The summed E-state index contributed by atoms with van der Waals surface area (Å²) in [5.41, 5.74) is 11.8. The average molecular weight is 666 g/mol. The third-order valence-corrected chi connectivity index (χ3v) is 10.9. The van der Waals surface area contributed by atoms with Crippen LogP contribution in [0.2, 0.25) is 0 Å². The lowest BCUT2D eigenvalue weighted by Gasteiger charge is -2.45. The second-order valence-electron chi connectivity index (χ2n) is 13.6. The predicted octanol–water partition coefficient (Wildman–Crippen LogP) is 12.7. The van der Waals surface area contributed by atoms with Gasteiger partial charge in [0, 0.05) is 44.3 Å². The summed E-state index contributed by atoms with van der Waals surface area (Å²) in [4.78, 5) is 0. The van der Waals surface area contributed by atoms with E-state index in [9.17, 15) is 0 Å². The molecule has 3 nitrogen and oxygen atoms in total. The first-order valence-electron chi connectivity index (χ1n) is 17.8. The Bertz CT molecular complexity index is 2810. The number of benzene rings is 8. The van der Waals surface area contributed by atoms with Crippen molar-refractivity contribution in [2.45, 2.75) is 5.41 Å². The molecule has 0 amide bonds. The minimum atomic E-state index is -0.678. The molecule has 2 aliphatic rings. The van der Waals surface area contributed by atoms with Gasteiger partial charge in [0.15, 0.2) is 0 Å². The van der Waals surface area contributed by atoms with Gasteiger partial charge in [0.2, 0.25) is 0 Å². The first kappa shape index (κ1) is 28.9. The van der Waals surface area contributed by atoms with Crippen molar-refractivity contribution in [2.24, 2.45) is 0 Å². The Morgan fingerprint density at radius 1 is 0.365 bits per heavy atom. The van der Waals surface area contributed by atoms with E-state index in [4.69, 9.17) is 9.47 Å². The van der Waals surface area contributed by atoms with E-state index < -0.39 is 5.41 Å². The van der Waals surface area contributed by atoms with Crippen LogP contribution in [0.3, 0.4) is 0 Å². The fourth-order valence-corrected chi connectivity index (χ4v) is 8.74. The Morgan fingerprint density at radius 2 is 0.962 bits per heavy atom.